The van der Waals surface area contributed by atoms with Gasteiger partial charge in [-0.2, -0.15) is 0 Å². The summed E-state index contributed by atoms with van der Waals surface area (Å²) in [7, 11) is 1.57. The fourth-order valence-electron chi connectivity index (χ4n) is 10.1. The fraction of sp³-hybridized carbons (Fsp3) is 0.640. The Morgan fingerprint density at radius 2 is 1.67 bits per heavy atom. The standard InChI is InChI=1S/C50H73FN2O7/c1-5-8-9-10-11-12-13-14-15-26-47(56)53(29-6-2)46-35-44(52-57-4)41-33-37(22-18-20-30-54)40(24-19-21-31-55)48-42-34-39(58-36-38-23-16-17-25-43(38)51)27-28-45(42)60-50(46,49(41)48)59-32-7-3/h7,16-17,23,25,27-28,33-34,37,40,46,48-49,54-55H,3,5-6,8-15,18-22,24,26,29-32,35-36H2,1-2,4H3/t37-,40+,46-,48+,49+,50+/m0/s1. The summed E-state index contributed by atoms with van der Waals surface area (Å²) in [4.78, 5) is 22.2. The molecule has 0 aromatic heterocycles. The fourth-order valence-corrected chi connectivity index (χ4v) is 10.1. The molecule has 3 aliphatic rings. The highest BCUT2D eigenvalue weighted by atomic mass is 19.1. The third kappa shape index (κ3) is 11.8. The maximum Gasteiger partial charge on any atom is 0.239 e. The number of aliphatic hydroxyl groups is 2. The van der Waals surface area contributed by atoms with E-state index in [4.69, 9.17) is 24.2 Å². The summed E-state index contributed by atoms with van der Waals surface area (Å²) >= 11 is 0. The lowest BCUT2D eigenvalue weighted by Crippen LogP contribution is -2.70. The normalized spacial score (nSPS) is 23.6. The summed E-state index contributed by atoms with van der Waals surface area (Å²) in [5, 5.41) is 24.5. The zero-order valence-corrected chi connectivity index (χ0v) is 36.8. The highest BCUT2D eigenvalue weighted by molar-refractivity contribution is 6.03. The Kier molecular flexibility index (Phi) is 19.4. The van der Waals surface area contributed by atoms with Crippen LogP contribution in [0.1, 0.15) is 146 Å². The maximum absolute atomic E-state index is 14.7. The first-order chi connectivity index (χ1) is 29.4. The molecule has 1 aliphatic heterocycles. The van der Waals surface area contributed by atoms with Gasteiger partial charge in [0.15, 0.2) is 0 Å². The van der Waals surface area contributed by atoms with E-state index < -0.39 is 11.8 Å². The zero-order chi connectivity index (χ0) is 42.7. The number of oxime groups is 1. The first-order valence-corrected chi connectivity index (χ1v) is 23.1. The van der Waals surface area contributed by atoms with Crippen molar-refractivity contribution in [1.82, 2.24) is 4.90 Å². The van der Waals surface area contributed by atoms with E-state index in [1.54, 1.807) is 31.4 Å². The van der Waals surface area contributed by atoms with Gasteiger partial charge in [0.25, 0.3) is 0 Å². The van der Waals surface area contributed by atoms with E-state index in [1.165, 1.54) is 44.6 Å². The summed E-state index contributed by atoms with van der Waals surface area (Å²) in [6, 6.07) is 12.0. The molecule has 332 valence electrons. The predicted molar refractivity (Wildman–Crippen MR) is 237 cm³/mol. The van der Waals surface area contributed by atoms with Crippen LogP contribution in [0.5, 0.6) is 11.5 Å². The van der Waals surface area contributed by atoms with Crippen LogP contribution in [0.3, 0.4) is 0 Å². The number of hydrogen-bond donors (Lipinski definition) is 2. The molecule has 1 heterocycles. The first kappa shape index (κ1) is 47.3. The van der Waals surface area contributed by atoms with E-state index in [0.717, 1.165) is 68.2 Å². The number of aliphatic hydroxyl groups excluding tert-OH is 2. The number of hydrogen-bond acceptors (Lipinski definition) is 8. The minimum atomic E-state index is -1.28. The van der Waals surface area contributed by atoms with Crippen molar-refractivity contribution in [3.05, 3.63) is 83.7 Å². The van der Waals surface area contributed by atoms with Crippen molar-refractivity contribution in [1.29, 1.82) is 0 Å². The third-order valence-corrected chi connectivity index (χ3v) is 12.9. The van der Waals surface area contributed by atoms with Gasteiger partial charge in [0.05, 0.1) is 18.2 Å². The second-order valence-corrected chi connectivity index (χ2v) is 17.0. The molecule has 10 heteroatoms. The SMILES string of the molecule is C=CCO[C@@]12Oc3ccc(OCc4ccccc4F)cc3[C@H]3[C@H](CCCCO)[C@@H](CCCCO)C=C(C(=NOC)C[C@@H]1N(CCC)C(=O)CCCCCCCCCCC)[C@H]32. The van der Waals surface area contributed by atoms with Gasteiger partial charge >= 0.3 is 0 Å². The molecule has 2 aliphatic carbocycles. The molecule has 60 heavy (non-hydrogen) atoms. The Labute approximate surface area is 359 Å². The van der Waals surface area contributed by atoms with Crippen LogP contribution in [0.25, 0.3) is 0 Å². The number of rotatable bonds is 28. The molecule has 0 unspecified atom stereocenters. The Morgan fingerprint density at radius 1 is 0.950 bits per heavy atom. The van der Waals surface area contributed by atoms with E-state index in [9.17, 15) is 19.4 Å². The molecule has 1 saturated carbocycles. The minimum Gasteiger partial charge on any atom is -0.489 e. The molecular formula is C50H73FN2O7. The van der Waals surface area contributed by atoms with Gasteiger partial charge in [-0.3, -0.25) is 4.79 Å². The van der Waals surface area contributed by atoms with Crippen LogP contribution >= 0.6 is 0 Å². The van der Waals surface area contributed by atoms with Crippen molar-refractivity contribution in [2.75, 3.05) is 33.5 Å². The van der Waals surface area contributed by atoms with Crippen molar-refractivity contribution < 1.29 is 38.4 Å². The zero-order valence-electron chi connectivity index (χ0n) is 36.8. The van der Waals surface area contributed by atoms with Crippen molar-refractivity contribution in [2.45, 2.75) is 154 Å². The quantitative estimate of drug-likeness (QED) is 0.0499. The van der Waals surface area contributed by atoms with Crippen LogP contribution in [0.2, 0.25) is 0 Å². The van der Waals surface area contributed by atoms with Gasteiger partial charge < -0.3 is 34.2 Å². The monoisotopic (exact) mass is 833 g/mol. The van der Waals surface area contributed by atoms with Gasteiger partial charge in [-0.25, -0.2) is 4.39 Å². The minimum absolute atomic E-state index is 0.0709. The van der Waals surface area contributed by atoms with Crippen LogP contribution in [0.4, 0.5) is 4.39 Å². The van der Waals surface area contributed by atoms with Crippen molar-refractivity contribution in [3.8, 4) is 11.5 Å². The Hall–Kier alpha value is -3.73. The average Bonchev–Trinajstić information content (AvgIpc) is 3.25. The van der Waals surface area contributed by atoms with Crippen molar-refractivity contribution in [3.63, 3.8) is 0 Å². The summed E-state index contributed by atoms with van der Waals surface area (Å²) in [5.74, 6) is -0.561. The highest BCUT2D eigenvalue weighted by Crippen LogP contribution is 2.62. The number of ether oxygens (including phenoxy) is 3. The summed E-state index contributed by atoms with van der Waals surface area (Å²) in [6.45, 7) is 9.45. The molecule has 9 nitrogen and oxygen atoms in total. The van der Waals surface area contributed by atoms with Crippen LogP contribution in [0.15, 0.2) is 71.9 Å². The van der Waals surface area contributed by atoms with E-state index in [2.05, 4.69) is 26.5 Å². The van der Waals surface area contributed by atoms with E-state index in [-0.39, 0.29) is 61.8 Å². The van der Waals surface area contributed by atoms with Crippen LogP contribution in [0, 0.1) is 23.6 Å². The number of carbonyl (C=O) groups excluding carboxylic acids is 1. The van der Waals surface area contributed by atoms with Gasteiger partial charge in [-0.1, -0.05) is 114 Å². The molecule has 5 rings (SSSR count). The van der Waals surface area contributed by atoms with Gasteiger partial charge in [-0.05, 0) is 80.2 Å². The summed E-state index contributed by atoms with van der Waals surface area (Å²) < 4.78 is 35.4. The molecule has 6 atom stereocenters. The lowest BCUT2D eigenvalue weighted by molar-refractivity contribution is -0.257. The molecule has 2 N–H and O–H groups in total. The molecular weight excluding hydrogens is 760 g/mol. The molecule has 1 fully saturated rings. The number of unbranched alkanes of at least 4 members (excludes halogenated alkanes) is 10. The topological polar surface area (TPSA) is 110 Å². The Morgan fingerprint density at radius 3 is 2.35 bits per heavy atom. The predicted octanol–water partition coefficient (Wildman–Crippen LogP) is 10.8. The molecule has 2 aromatic rings. The van der Waals surface area contributed by atoms with Gasteiger partial charge in [0, 0.05) is 49.6 Å². The Balaban J connectivity index is 1.59. The van der Waals surface area contributed by atoms with E-state index in [1.807, 2.05) is 23.1 Å². The van der Waals surface area contributed by atoms with E-state index >= 15 is 0 Å². The summed E-state index contributed by atoms with van der Waals surface area (Å²) in [5.41, 5.74) is 3.22. The number of benzene rings is 2. The lowest BCUT2D eigenvalue weighted by Gasteiger charge is -2.60. The molecule has 2 aromatic carbocycles. The number of amides is 1. The number of fused-ring (bicyclic) bond motifs is 2. The van der Waals surface area contributed by atoms with Gasteiger partial charge in [-0.15, -0.1) is 6.58 Å². The maximum atomic E-state index is 14.7. The first-order valence-electron chi connectivity index (χ1n) is 23.1. The van der Waals surface area contributed by atoms with E-state index in [0.29, 0.717) is 49.3 Å². The summed E-state index contributed by atoms with van der Waals surface area (Å²) in [6.07, 6.45) is 21.0. The van der Waals surface area contributed by atoms with Gasteiger partial charge in [0.2, 0.25) is 11.7 Å². The van der Waals surface area contributed by atoms with Crippen LogP contribution < -0.4 is 9.47 Å². The number of halogens is 1. The largest absolute Gasteiger partial charge is 0.489 e. The number of allylic oxidation sites excluding steroid dienone is 1. The molecule has 1 amide bonds. The molecule has 0 bridgehead atoms. The van der Waals surface area contributed by atoms with Gasteiger partial charge in [0.1, 0.15) is 37.1 Å². The second-order valence-electron chi connectivity index (χ2n) is 17.0. The molecule has 0 radical (unpaired) electrons. The average molecular weight is 833 g/mol. The third-order valence-electron chi connectivity index (χ3n) is 12.9. The number of carbonyl (C=O) groups is 1. The number of nitrogens with zero attached hydrogens (tertiary/aromatic N) is 2. The van der Waals surface area contributed by atoms with Crippen molar-refractivity contribution >= 4 is 11.6 Å². The highest BCUT2D eigenvalue weighted by Gasteiger charge is 2.65. The molecule has 0 saturated heterocycles. The second kappa shape index (κ2) is 24.6. The molecule has 0 spiro atoms. The van der Waals surface area contributed by atoms with Crippen molar-refractivity contribution in [2.24, 2.45) is 22.9 Å². The van der Waals surface area contributed by atoms with Crippen LogP contribution in [-0.4, -0.2) is 72.0 Å². The lowest BCUT2D eigenvalue weighted by atomic mass is 9.55. The Bertz CT molecular complexity index is 1700. The smallest absolute Gasteiger partial charge is 0.239 e. The van der Waals surface area contributed by atoms with Crippen LogP contribution in [-0.2, 0) is 21.0 Å².